The molecule has 4 rings (SSSR count). The minimum atomic E-state index is -0.0693. The van der Waals surface area contributed by atoms with Crippen LogP contribution < -0.4 is 5.56 Å². The Bertz CT molecular complexity index is 1040. The quantitative estimate of drug-likeness (QED) is 0.700. The summed E-state index contributed by atoms with van der Waals surface area (Å²) < 4.78 is 2.54. The van der Waals surface area contributed by atoms with Gasteiger partial charge in [0.15, 0.2) is 0 Å². The highest BCUT2D eigenvalue weighted by molar-refractivity contribution is 9.10. The van der Waals surface area contributed by atoms with Crippen molar-refractivity contribution in [1.29, 1.82) is 0 Å². The lowest BCUT2D eigenvalue weighted by atomic mass is 10.0. The lowest BCUT2D eigenvalue weighted by Gasteiger charge is -2.00. The third-order valence-electron chi connectivity index (χ3n) is 4.06. The smallest absolute Gasteiger partial charge is 0.278 e. The zero-order valence-corrected chi connectivity index (χ0v) is 14.5. The van der Waals surface area contributed by atoms with Crippen LogP contribution in [0.4, 0.5) is 5.69 Å². The summed E-state index contributed by atoms with van der Waals surface area (Å²) in [5.74, 6) is 0. The Morgan fingerprint density at radius 1 is 1.12 bits per heavy atom. The van der Waals surface area contributed by atoms with Gasteiger partial charge in [0.05, 0.1) is 16.9 Å². The van der Waals surface area contributed by atoms with Crippen molar-refractivity contribution in [2.75, 3.05) is 0 Å². The van der Waals surface area contributed by atoms with Crippen molar-refractivity contribution in [3.05, 3.63) is 80.2 Å². The molecule has 24 heavy (non-hydrogen) atoms. The molecule has 0 saturated heterocycles. The van der Waals surface area contributed by atoms with Gasteiger partial charge < -0.3 is 0 Å². The molecule has 1 aromatic heterocycles. The van der Waals surface area contributed by atoms with E-state index in [2.05, 4.69) is 26.0 Å². The van der Waals surface area contributed by atoms with Crippen molar-refractivity contribution in [2.45, 2.75) is 6.92 Å². The molecule has 0 bridgehead atoms. The zero-order chi connectivity index (χ0) is 16.7. The number of nitrogens with one attached hydrogen (secondary N) is 1. The number of H-pyrrole nitrogens is 1. The highest BCUT2D eigenvalue weighted by Gasteiger charge is 2.15. The van der Waals surface area contributed by atoms with Crippen LogP contribution in [0.5, 0.6) is 0 Å². The summed E-state index contributed by atoms with van der Waals surface area (Å²) in [5.41, 5.74) is 5.14. The number of hydrogen-bond acceptors (Lipinski definition) is 2. The van der Waals surface area contributed by atoms with Gasteiger partial charge in [0.2, 0.25) is 0 Å². The van der Waals surface area contributed by atoms with Gasteiger partial charge in [-0.1, -0.05) is 34.1 Å². The van der Waals surface area contributed by atoms with Crippen LogP contribution >= 0.6 is 15.9 Å². The number of halogens is 1. The average molecular weight is 380 g/mol. The molecule has 0 spiro atoms. The van der Waals surface area contributed by atoms with Crippen LogP contribution in [0, 0.1) is 6.92 Å². The van der Waals surface area contributed by atoms with E-state index in [9.17, 15) is 4.79 Å². The summed E-state index contributed by atoms with van der Waals surface area (Å²) in [6.07, 6.45) is 3.71. The number of allylic oxidation sites excluding steroid dienone is 1. The monoisotopic (exact) mass is 379 g/mol. The van der Waals surface area contributed by atoms with Crippen molar-refractivity contribution in [3.63, 3.8) is 0 Å². The van der Waals surface area contributed by atoms with E-state index in [0.717, 1.165) is 32.7 Å². The summed E-state index contributed by atoms with van der Waals surface area (Å²) >= 11 is 3.41. The Morgan fingerprint density at radius 2 is 1.88 bits per heavy atom. The highest BCUT2D eigenvalue weighted by Crippen LogP contribution is 2.32. The van der Waals surface area contributed by atoms with Gasteiger partial charge in [-0.05, 0) is 43.3 Å². The largest absolute Gasteiger partial charge is 0.295 e. The second-order valence-corrected chi connectivity index (χ2v) is 6.56. The maximum Gasteiger partial charge on any atom is 0.278 e. The van der Waals surface area contributed by atoms with E-state index in [-0.39, 0.29) is 5.56 Å². The second-order valence-electron chi connectivity index (χ2n) is 5.64. The first-order chi connectivity index (χ1) is 11.6. The van der Waals surface area contributed by atoms with Gasteiger partial charge in [-0.3, -0.25) is 14.9 Å². The number of aryl methyl sites for hydroxylation is 1. The molecule has 0 unspecified atom stereocenters. The van der Waals surface area contributed by atoms with Gasteiger partial charge in [0.25, 0.3) is 5.56 Å². The molecular formula is C19H14BrN3O. The summed E-state index contributed by atoms with van der Waals surface area (Å²) in [5, 5.41) is 3.15. The summed E-state index contributed by atoms with van der Waals surface area (Å²) in [6.45, 7) is 1.90. The van der Waals surface area contributed by atoms with E-state index in [1.54, 1.807) is 10.9 Å². The fourth-order valence-electron chi connectivity index (χ4n) is 2.81. The molecule has 3 aromatic rings. The molecule has 0 amide bonds. The summed E-state index contributed by atoms with van der Waals surface area (Å²) in [6, 6.07) is 15.5. The minimum Gasteiger partial charge on any atom is -0.295 e. The standard InChI is InChI=1S/C19H14BrN3O/c1-12-17(10-13-11-21-18-5-3-2-4-16(13)18)19(24)23(22-12)15-8-6-14(20)7-9-15/h2-11,22H,1H3/b13-10+. The average Bonchev–Trinajstić information content (AvgIpc) is 3.12. The van der Waals surface area contributed by atoms with Crippen molar-refractivity contribution < 1.29 is 0 Å². The fourth-order valence-corrected chi connectivity index (χ4v) is 3.08. The van der Waals surface area contributed by atoms with Crippen molar-refractivity contribution in [3.8, 4) is 5.69 Å². The first kappa shape index (κ1) is 14.9. The lowest BCUT2D eigenvalue weighted by Crippen LogP contribution is -2.15. The Balaban J connectivity index is 1.81. The number of aromatic nitrogens is 2. The molecule has 2 aromatic carbocycles. The third-order valence-corrected chi connectivity index (χ3v) is 4.59. The van der Waals surface area contributed by atoms with Gasteiger partial charge >= 0.3 is 0 Å². The Hall–Kier alpha value is -2.66. The first-order valence-electron chi connectivity index (χ1n) is 7.56. The molecule has 5 heteroatoms. The molecular weight excluding hydrogens is 366 g/mol. The molecule has 1 aliphatic rings. The van der Waals surface area contributed by atoms with Gasteiger partial charge in [0, 0.05) is 27.5 Å². The topological polar surface area (TPSA) is 50.1 Å². The molecule has 0 saturated carbocycles. The number of aliphatic imine (C=N–C) groups is 1. The van der Waals surface area contributed by atoms with Gasteiger partial charge in [0.1, 0.15) is 0 Å². The number of para-hydroxylation sites is 1. The van der Waals surface area contributed by atoms with Gasteiger partial charge in [-0.15, -0.1) is 0 Å². The van der Waals surface area contributed by atoms with E-state index in [1.807, 2.05) is 61.5 Å². The van der Waals surface area contributed by atoms with E-state index in [1.165, 1.54) is 0 Å². The lowest BCUT2D eigenvalue weighted by molar-refractivity contribution is 0.835. The van der Waals surface area contributed by atoms with Crippen molar-refractivity contribution in [1.82, 2.24) is 9.78 Å². The highest BCUT2D eigenvalue weighted by atomic mass is 79.9. The Kier molecular flexibility index (Phi) is 3.58. The van der Waals surface area contributed by atoms with Crippen LogP contribution in [0.15, 0.2) is 62.8 Å². The predicted octanol–water partition coefficient (Wildman–Crippen LogP) is 4.49. The number of aromatic amines is 1. The van der Waals surface area contributed by atoms with Crippen LogP contribution in [0.2, 0.25) is 0 Å². The van der Waals surface area contributed by atoms with Gasteiger partial charge in [-0.2, -0.15) is 0 Å². The number of hydrogen-bond donors (Lipinski definition) is 1. The number of fused-ring (bicyclic) bond motifs is 1. The van der Waals surface area contributed by atoms with Crippen LogP contribution in [0.1, 0.15) is 16.8 Å². The fraction of sp³-hybridized carbons (Fsp3) is 0.0526. The zero-order valence-electron chi connectivity index (χ0n) is 13.0. The van der Waals surface area contributed by atoms with E-state index in [4.69, 9.17) is 0 Å². The number of nitrogens with zero attached hydrogens (tertiary/aromatic N) is 2. The molecule has 4 nitrogen and oxygen atoms in total. The van der Waals surface area contributed by atoms with Crippen LogP contribution in [-0.2, 0) is 0 Å². The molecule has 2 heterocycles. The molecule has 1 aliphatic heterocycles. The minimum absolute atomic E-state index is 0.0693. The molecule has 0 aliphatic carbocycles. The maximum absolute atomic E-state index is 12.8. The van der Waals surface area contributed by atoms with Crippen LogP contribution in [0.3, 0.4) is 0 Å². The van der Waals surface area contributed by atoms with E-state index >= 15 is 0 Å². The number of benzene rings is 2. The SMILES string of the molecule is Cc1[nH]n(-c2ccc(Br)cc2)c(=O)c1/C=C1\C=Nc2ccccc21. The normalized spacial score (nSPS) is 14.3. The van der Waals surface area contributed by atoms with E-state index in [0.29, 0.717) is 5.56 Å². The van der Waals surface area contributed by atoms with Crippen molar-refractivity contribution in [2.24, 2.45) is 4.99 Å². The molecule has 1 N–H and O–H groups in total. The third kappa shape index (κ3) is 2.47. The Morgan fingerprint density at radius 3 is 2.67 bits per heavy atom. The number of rotatable bonds is 2. The summed E-state index contributed by atoms with van der Waals surface area (Å²) in [7, 11) is 0. The molecule has 0 fully saturated rings. The predicted molar refractivity (Wildman–Crippen MR) is 101 cm³/mol. The molecule has 0 radical (unpaired) electrons. The van der Waals surface area contributed by atoms with Crippen LogP contribution in [-0.4, -0.2) is 16.0 Å². The van der Waals surface area contributed by atoms with Crippen molar-refractivity contribution >= 4 is 39.5 Å². The first-order valence-corrected chi connectivity index (χ1v) is 8.35. The summed E-state index contributed by atoms with van der Waals surface area (Å²) in [4.78, 5) is 17.2. The maximum atomic E-state index is 12.8. The Labute approximate surface area is 147 Å². The molecule has 0 atom stereocenters. The van der Waals surface area contributed by atoms with E-state index < -0.39 is 0 Å². The van der Waals surface area contributed by atoms with Gasteiger partial charge in [-0.25, -0.2) is 4.68 Å². The second kappa shape index (κ2) is 5.76. The molecule has 118 valence electrons. The van der Waals surface area contributed by atoms with Crippen LogP contribution in [0.25, 0.3) is 17.3 Å².